The molecule has 3 atom stereocenters. The number of fused-ring (bicyclic) bond motifs is 1. The number of aromatic nitrogens is 3. The molecule has 0 bridgehead atoms. The van der Waals surface area contributed by atoms with E-state index >= 15 is 0 Å². The highest BCUT2D eigenvalue weighted by molar-refractivity contribution is 7.86. The molecule has 3 heterocycles. The Bertz CT molecular complexity index is 1570. The third kappa shape index (κ3) is 10.2. The lowest BCUT2D eigenvalue weighted by atomic mass is 9.97. The van der Waals surface area contributed by atoms with E-state index in [-0.39, 0.29) is 56.2 Å². The highest BCUT2D eigenvalue weighted by atomic mass is 32.2. The SMILES string of the molecule is CC[C@H](C)[C@@H]1NC(=O)CCCN(S(=O)(=O)N2CCC(C)CC2)CCCNC(=O)Cn2nc(Cc3ccc(OC)c(OC)c3)nc2[C@@H](C)NC1=O. The van der Waals surface area contributed by atoms with E-state index in [1.807, 2.05) is 26.0 Å². The van der Waals surface area contributed by atoms with Crippen LogP contribution >= 0.6 is 0 Å². The maximum atomic E-state index is 13.7. The fourth-order valence-corrected chi connectivity index (χ4v) is 7.93. The van der Waals surface area contributed by atoms with Crippen LogP contribution in [0.4, 0.5) is 0 Å². The number of methoxy groups -OCH3 is 2. The molecular formula is C34H54N8O7S. The lowest BCUT2D eigenvalue weighted by Gasteiger charge is -2.34. The lowest BCUT2D eigenvalue weighted by molar-refractivity contribution is -0.130. The Kier molecular flexibility index (Phi) is 14.0. The minimum absolute atomic E-state index is 0.0589. The van der Waals surface area contributed by atoms with Gasteiger partial charge in [0.05, 0.1) is 20.3 Å². The van der Waals surface area contributed by atoms with Crippen LogP contribution in [0.15, 0.2) is 18.2 Å². The maximum absolute atomic E-state index is 13.7. The average molecular weight is 719 g/mol. The number of rotatable bonds is 8. The number of carbonyl (C=O) groups excluding carboxylic acids is 3. The van der Waals surface area contributed by atoms with E-state index in [4.69, 9.17) is 14.5 Å². The van der Waals surface area contributed by atoms with Gasteiger partial charge in [-0.1, -0.05) is 33.3 Å². The Labute approximate surface area is 296 Å². The summed E-state index contributed by atoms with van der Waals surface area (Å²) < 4.78 is 42.6. The second kappa shape index (κ2) is 17.9. The molecule has 2 aromatic rings. The lowest BCUT2D eigenvalue weighted by Crippen LogP contribution is -2.51. The summed E-state index contributed by atoms with van der Waals surface area (Å²) in [6.07, 6.45) is 3.29. The second-order valence-corrected chi connectivity index (χ2v) is 15.3. The molecule has 0 spiro atoms. The molecule has 3 N–H and O–H groups in total. The van der Waals surface area contributed by atoms with Gasteiger partial charge in [-0.15, -0.1) is 0 Å². The van der Waals surface area contributed by atoms with Gasteiger partial charge in [0.2, 0.25) is 17.7 Å². The van der Waals surface area contributed by atoms with E-state index in [0.717, 1.165) is 18.4 Å². The van der Waals surface area contributed by atoms with Gasteiger partial charge >= 0.3 is 0 Å². The Morgan fingerprint density at radius 2 is 1.62 bits per heavy atom. The van der Waals surface area contributed by atoms with Gasteiger partial charge in [-0.25, -0.2) is 9.67 Å². The van der Waals surface area contributed by atoms with E-state index < -0.39 is 22.3 Å². The molecule has 16 heteroatoms. The number of amides is 3. The summed E-state index contributed by atoms with van der Waals surface area (Å²) in [5, 5.41) is 13.4. The Balaban J connectivity index is 1.59. The van der Waals surface area contributed by atoms with Crippen molar-refractivity contribution in [3.63, 3.8) is 0 Å². The molecule has 2 aliphatic rings. The number of nitrogens with zero attached hydrogens (tertiary/aromatic N) is 5. The predicted octanol–water partition coefficient (Wildman–Crippen LogP) is 2.17. The van der Waals surface area contributed by atoms with Crippen molar-refractivity contribution in [2.75, 3.05) is 46.9 Å². The van der Waals surface area contributed by atoms with Gasteiger partial charge in [-0.2, -0.15) is 22.1 Å². The zero-order chi connectivity index (χ0) is 36.4. The Hall–Kier alpha value is -3.76. The summed E-state index contributed by atoms with van der Waals surface area (Å²) >= 11 is 0. The summed E-state index contributed by atoms with van der Waals surface area (Å²) in [7, 11) is -0.644. The molecule has 0 radical (unpaired) electrons. The van der Waals surface area contributed by atoms with Crippen molar-refractivity contribution in [3.05, 3.63) is 35.4 Å². The molecule has 1 aromatic carbocycles. The van der Waals surface area contributed by atoms with Gasteiger partial charge in [0.1, 0.15) is 18.4 Å². The quantitative estimate of drug-likeness (QED) is 0.369. The van der Waals surface area contributed by atoms with Crippen LogP contribution < -0.4 is 25.4 Å². The minimum atomic E-state index is -3.76. The normalized spacial score (nSPS) is 22.3. The van der Waals surface area contributed by atoms with Crippen LogP contribution in [0.3, 0.4) is 0 Å². The van der Waals surface area contributed by atoms with Crippen molar-refractivity contribution in [2.45, 2.75) is 91.3 Å². The Morgan fingerprint density at radius 1 is 0.940 bits per heavy atom. The van der Waals surface area contributed by atoms with Crippen molar-refractivity contribution in [3.8, 4) is 11.5 Å². The van der Waals surface area contributed by atoms with E-state index in [0.29, 0.717) is 67.8 Å². The minimum Gasteiger partial charge on any atom is -0.493 e. The third-order valence-electron chi connectivity index (χ3n) is 9.52. The molecule has 0 unspecified atom stereocenters. The number of benzene rings is 1. The summed E-state index contributed by atoms with van der Waals surface area (Å²) in [6, 6.07) is 4.04. The van der Waals surface area contributed by atoms with E-state index in [2.05, 4.69) is 28.0 Å². The number of hydrogen-bond donors (Lipinski definition) is 3. The van der Waals surface area contributed by atoms with Crippen molar-refractivity contribution < 1.29 is 32.3 Å². The molecule has 0 aliphatic carbocycles. The summed E-state index contributed by atoms with van der Waals surface area (Å²) in [5.74, 6) is 1.22. The number of hydrogen-bond acceptors (Lipinski definition) is 9. The molecule has 50 heavy (non-hydrogen) atoms. The van der Waals surface area contributed by atoms with Crippen LogP contribution in [-0.4, -0.2) is 102 Å². The highest BCUT2D eigenvalue weighted by Crippen LogP contribution is 2.28. The van der Waals surface area contributed by atoms with Gasteiger partial charge in [0, 0.05) is 45.6 Å². The first-order valence-corrected chi connectivity index (χ1v) is 19.0. The standard InChI is InChI=1S/C34H54N8O7S/c1-7-24(3)32-34(45)36-25(4)33-37-29(21-26-11-12-27(48-5)28(20-26)49-6)39-42(33)22-31(44)35-15-9-17-40(16-8-10-30(43)38-32)50(46,47)41-18-13-23(2)14-19-41/h11-12,20,23-25,32H,7-10,13-19,21-22H2,1-6H3,(H,35,44)(H,36,45)(H,38,43)/t24-,25+,32-/m0/s1. The first-order chi connectivity index (χ1) is 23.9. The molecule has 4 rings (SSSR count). The molecule has 278 valence electrons. The number of ether oxygens (including phenoxy) is 2. The van der Waals surface area contributed by atoms with Crippen LogP contribution in [0.5, 0.6) is 11.5 Å². The zero-order valence-corrected chi connectivity index (χ0v) is 31.1. The molecular weight excluding hydrogens is 664 g/mol. The molecule has 1 saturated heterocycles. The Morgan fingerprint density at radius 3 is 2.30 bits per heavy atom. The second-order valence-electron chi connectivity index (χ2n) is 13.4. The van der Waals surface area contributed by atoms with Gasteiger partial charge in [-0.05, 0) is 62.1 Å². The third-order valence-corrected chi connectivity index (χ3v) is 11.6. The molecule has 0 saturated carbocycles. The van der Waals surface area contributed by atoms with Crippen molar-refractivity contribution >= 4 is 27.9 Å². The maximum Gasteiger partial charge on any atom is 0.281 e. The van der Waals surface area contributed by atoms with Crippen molar-refractivity contribution in [1.82, 2.24) is 39.3 Å². The summed E-state index contributed by atoms with van der Waals surface area (Å²) in [5.41, 5.74) is 0.858. The number of piperidine rings is 1. The van der Waals surface area contributed by atoms with E-state index in [1.165, 1.54) is 13.3 Å². The van der Waals surface area contributed by atoms with Crippen LogP contribution in [0.25, 0.3) is 0 Å². The number of nitrogens with one attached hydrogen (secondary N) is 3. The number of carbonyl (C=O) groups is 3. The molecule has 1 aromatic heterocycles. The smallest absolute Gasteiger partial charge is 0.281 e. The van der Waals surface area contributed by atoms with Crippen LogP contribution in [0.2, 0.25) is 0 Å². The average Bonchev–Trinajstić information content (AvgIpc) is 3.48. The topological polar surface area (TPSA) is 177 Å². The first-order valence-electron chi connectivity index (χ1n) is 17.6. The van der Waals surface area contributed by atoms with Crippen LogP contribution in [0, 0.1) is 11.8 Å². The predicted molar refractivity (Wildman–Crippen MR) is 188 cm³/mol. The zero-order valence-electron chi connectivity index (χ0n) is 30.2. The molecule has 15 nitrogen and oxygen atoms in total. The van der Waals surface area contributed by atoms with Gasteiger partial charge in [-0.3, -0.25) is 14.4 Å². The fourth-order valence-electron chi connectivity index (χ4n) is 6.22. The largest absolute Gasteiger partial charge is 0.493 e. The monoisotopic (exact) mass is 718 g/mol. The molecule has 3 amide bonds. The molecule has 1 fully saturated rings. The van der Waals surface area contributed by atoms with Crippen molar-refractivity contribution in [2.24, 2.45) is 11.8 Å². The van der Waals surface area contributed by atoms with E-state index in [1.54, 1.807) is 27.2 Å². The van der Waals surface area contributed by atoms with E-state index in [9.17, 15) is 22.8 Å². The van der Waals surface area contributed by atoms with Gasteiger partial charge < -0.3 is 25.4 Å². The van der Waals surface area contributed by atoms with Crippen LogP contribution in [0.1, 0.15) is 89.5 Å². The first kappa shape index (κ1) is 39.0. The van der Waals surface area contributed by atoms with Crippen LogP contribution in [-0.2, 0) is 37.6 Å². The van der Waals surface area contributed by atoms with Crippen molar-refractivity contribution in [1.29, 1.82) is 0 Å². The summed E-state index contributed by atoms with van der Waals surface area (Å²) in [6.45, 7) is 9.06. The van der Waals surface area contributed by atoms with Gasteiger partial charge in [0.15, 0.2) is 17.3 Å². The molecule has 2 aliphatic heterocycles. The van der Waals surface area contributed by atoms with Gasteiger partial charge in [0.25, 0.3) is 10.2 Å². The summed E-state index contributed by atoms with van der Waals surface area (Å²) in [4.78, 5) is 44.8. The highest BCUT2D eigenvalue weighted by Gasteiger charge is 2.33. The fraction of sp³-hybridized carbons (Fsp3) is 0.676.